The summed E-state index contributed by atoms with van der Waals surface area (Å²) in [6.07, 6.45) is 0. The Kier molecular flexibility index (Phi) is 8.56. The van der Waals surface area contributed by atoms with E-state index in [1.54, 1.807) is 34.1 Å². The van der Waals surface area contributed by atoms with Crippen molar-refractivity contribution in [3.05, 3.63) is 123 Å². The molecule has 0 bridgehead atoms. The van der Waals surface area contributed by atoms with Gasteiger partial charge in [0.05, 0.1) is 12.0 Å². The molecule has 4 aromatic rings. The summed E-state index contributed by atoms with van der Waals surface area (Å²) in [5, 5.41) is 8.58. The molecule has 0 aliphatic carbocycles. The number of anilines is 1. The Balaban J connectivity index is 1.54. The van der Waals surface area contributed by atoms with Gasteiger partial charge in [0.15, 0.2) is 5.78 Å². The minimum atomic E-state index is -0.996. The maximum absolute atomic E-state index is 14.6. The molecule has 3 aromatic carbocycles. The number of benzene rings is 3. The lowest BCUT2D eigenvalue weighted by Crippen LogP contribution is -2.55. The van der Waals surface area contributed by atoms with Crippen molar-refractivity contribution >= 4 is 46.3 Å². The molecule has 2 aliphatic rings. The molecule has 3 heterocycles. The number of rotatable bonds is 6. The number of carbonyl (C=O) groups is 3. The number of nitrogens with zero attached hydrogens (tertiary/aromatic N) is 2. The van der Waals surface area contributed by atoms with Gasteiger partial charge in [-0.2, -0.15) is 0 Å². The van der Waals surface area contributed by atoms with Gasteiger partial charge in [-0.3, -0.25) is 9.59 Å². The van der Waals surface area contributed by atoms with Crippen LogP contribution in [0, 0.1) is 11.7 Å². The maximum atomic E-state index is 14.6. The van der Waals surface area contributed by atoms with Gasteiger partial charge in [0, 0.05) is 53.2 Å². The van der Waals surface area contributed by atoms with Crippen LogP contribution in [0.4, 0.5) is 14.9 Å². The Morgan fingerprint density at radius 1 is 0.884 bits per heavy atom. The van der Waals surface area contributed by atoms with Gasteiger partial charge in [-0.15, -0.1) is 11.3 Å². The van der Waals surface area contributed by atoms with E-state index in [1.165, 1.54) is 35.6 Å². The zero-order valence-corrected chi connectivity index (χ0v) is 24.7. The average molecular weight is 617 g/mol. The number of ketones is 1. The third-order valence-electron chi connectivity index (χ3n) is 8.13. The van der Waals surface area contributed by atoms with E-state index in [9.17, 15) is 18.8 Å². The topological polar surface area (TPSA) is 81.8 Å². The number of hydrogen-bond acceptors (Lipinski definition) is 5. The minimum absolute atomic E-state index is 0.158. The number of Topliss-reactive ketones (excluding diaryl/α,β-unsaturated/α-hetero) is 1. The minimum Gasteiger partial charge on any atom is -0.338 e. The van der Waals surface area contributed by atoms with Gasteiger partial charge in [-0.25, -0.2) is 9.18 Å². The van der Waals surface area contributed by atoms with Crippen LogP contribution in [-0.4, -0.2) is 59.7 Å². The molecule has 7 nitrogen and oxygen atoms in total. The number of amides is 3. The van der Waals surface area contributed by atoms with Crippen molar-refractivity contribution in [1.29, 1.82) is 0 Å². The molecule has 3 amide bonds. The molecule has 0 spiro atoms. The first-order valence-corrected chi connectivity index (χ1v) is 15.4. The van der Waals surface area contributed by atoms with Crippen molar-refractivity contribution in [2.24, 2.45) is 5.92 Å². The number of nitrogens with one attached hydrogen (secondary N) is 2. The SMILES string of the molecule is O=C(c1ccccc1)C1C(c2ccc(Cl)cc2)C(C(=O)N2CCNCC2)N(C(=O)Nc2ccc(F)cc2)C1c1cccs1. The number of carbonyl (C=O) groups excluding carboxylic acids is 3. The molecule has 1 aromatic heterocycles. The number of thiophene rings is 1. The fourth-order valence-corrected chi connectivity index (χ4v) is 7.18. The zero-order chi connectivity index (χ0) is 29.9. The van der Waals surface area contributed by atoms with Crippen LogP contribution in [0.5, 0.6) is 0 Å². The molecular formula is C33H30ClFN4O3S. The molecule has 0 saturated carbocycles. The number of halogens is 2. The lowest BCUT2D eigenvalue weighted by Gasteiger charge is -2.36. The smallest absolute Gasteiger partial charge is 0.323 e. The number of piperazine rings is 1. The van der Waals surface area contributed by atoms with Gasteiger partial charge in [-0.05, 0) is 53.4 Å². The lowest BCUT2D eigenvalue weighted by atomic mass is 9.77. The number of likely N-dealkylation sites (tertiary alicyclic amines) is 1. The molecule has 2 aliphatic heterocycles. The van der Waals surface area contributed by atoms with E-state index < -0.39 is 35.8 Å². The summed E-state index contributed by atoms with van der Waals surface area (Å²) in [4.78, 5) is 47.6. The van der Waals surface area contributed by atoms with Gasteiger partial charge in [0.25, 0.3) is 0 Å². The van der Waals surface area contributed by atoms with Crippen molar-refractivity contribution in [1.82, 2.24) is 15.1 Å². The van der Waals surface area contributed by atoms with Crippen molar-refractivity contribution < 1.29 is 18.8 Å². The van der Waals surface area contributed by atoms with Gasteiger partial charge >= 0.3 is 6.03 Å². The standard InChI is InChI=1S/C33H30ClFN4O3S/c34-23-10-8-21(9-11-23)27-28(31(40)22-5-2-1-3-6-22)29(26-7-4-20-43-26)39(30(27)32(41)38-18-16-36-17-19-38)33(42)37-25-14-12-24(35)13-15-25/h1-15,20,27-30,36H,16-19H2,(H,37,42). The van der Waals surface area contributed by atoms with Crippen LogP contribution in [0.2, 0.25) is 5.02 Å². The highest BCUT2D eigenvalue weighted by atomic mass is 35.5. The highest BCUT2D eigenvalue weighted by molar-refractivity contribution is 7.10. The number of hydrogen-bond donors (Lipinski definition) is 2. The predicted octanol–water partition coefficient (Wildman–Crippen LogP) is 6.21. The monoisotopic (exact) mass is 616 g/mol. The largest absolute Gasteiger partial charge is 0.338 e. The van der Waals surface area contributed by atoms with E-state index in [0.717, 1.165) is 10.4 Å². The summed E-state index contributed by atoms with van der Waals surface area (Å²) < 4.78 is 13.7. The summed E-state index contributed by atoms with van der Waals surface area (Å²) in [6, 6.07) is 23.1. The van der Waals surface area contributed by atoms with Crippen LogP contribution >= 0.6 is 22.9 Å². The highest BCUT2D eigenvalue weighted by Gasteiger charge is 2.58. The Hall–Kier alpha value is -4.05. The quantitative estimate of drug-likeness (QED) is 0.252. The van der Waals surface area contributed by atoms with Crippen LogP contribution in [-0.2, 0) is 4.79 Å². The molecule has 220 valence electrons. The van der Waals surface area contributed by atoms with Gasteiger partial charge < -0.3 is 20.4 Å². The molecule has 2 saturated heterocycles. The van der Waals surface area contributed by atoms with E-state index in [0.29, 0.717) is 42.5 Å². The predicted molar refractivity (Wildman–Crippen MR) is 166 cm³/mol. The maximum Gasteiger partial charge on any atom is 0.323 e. The van der Waals surface area contributed by atoms with Gasteiger partial charge in [0.1, 0.15) is 11.9 Å². The summed E-state index contributed by atoms with van der Waals surface area (Å²) >= 11 is 7.71. The van der Waals surface area contributed by atoms with Crippen LogP contribution in [0.25, 0.3) is 0 Å². The van der Waals surface area contributed by atoms with E-state index in [2.05, 4.69) is 10.6 Å². The van der Waals surface area contributed by atoms with E-state index >= 15 is 0 Å². The third-order valence-corrected chi connectivity index (χ3v) is 9.32. The normalized spacial score (nSPS) is 21.9. The van der Waals surface area contributed by atoms with Crippen molar-refractivity contribution in [3.8, 4) is 0 Å². The zero-order valence-electron chi connectivity index (χ0n) is 23.2. The van der Waals surface area contributed by atoms with Gasteiger partial charge in [0.2, 0.25) is 5.91 Å². The fraction of sp³-hybridized carbons (Fsp3) is 0.242. The third kappa shape index (κ3) is 5.93. The summed E-state index contributed by atoms with van der Waals surface area (Å²) in [6.45, 7) is 2.23. The van der Waals surface area contributed by atoms with E-state index in [-0.39, 0.29) is 11.7 Å². The van der Waals surface area contributed by atoms with Crippen molar-refractivity contribution in [2.75, 3.05) is 31.5 Å². The van der Waals surface area contributed by atoms with Crippen LogP contribution < -0.4 is 10.6 Å². The van der Waals surface area contributed by atoms with Crippen LogP contribution in [0.1, 0.15) is 32.8 Å². The molecule has 2 N–H and O–H groups in total. The van der Waals surface area contributed by atoms with E-state index in [4.69, 9.17) is 11.6 Å². The first kappa shape index (κ1) is 29.0. The second-order valence-corrected chi connectivity index (χ2v) is 12.1. The summed E-state index contributed by atoms with van der Waals surface area (Å²) in [5.74, 6) is -2.26. The Bertz CT molecular complexity index is 1580. The first-order chi connectivity index (χ1) is 20.9. The summed E-state index contributed by atoms with van der Waals surface area (Å²) in [5.41, 5.74) is 1.62. The average Bonchev–Trinajstić information content (AvgIpc) is 3.69. The Labute approximate surface area is 258 Å². The molecular weight excluding hydrogens is 587 g/mol. The van der Waals surface area contributed by atoms with Crippen LogP contribution in [0.3, 0.4) is 0 Å². The highest BCUT2D eigenvalue weighted by Crippen LogP contribution is 2.52. The molecule has 4 atom stereocenters. The Morgan fingerprint density at radius 3 is 2.23 bits per heavy atom. The van der Waals surface area contributed by atoms with Crippen molar-refractivity contribution in [2.45, 2.75) is 18.0 Å². The van der Waals surface area contributed by atoms with Crippen molar-refractivity contribution in [3.63, 3.8) is 0 Å². The molecule has 4 unspecified atom stereocenters. The second-order valence-electron chi connectivity index (χ2n) is 10.7. The lowest BCUT2D eigenvalue weighted by molar-refractivity contribution is -0.136. The van der Waals surface area contributed by atoms with E-state index in [1.807, 2.05) is 47.8 Å². The molecule has 43 heavy (non-hydrogen) atoms. The second kappa shape index (κ2) is 12.7. The number of urea groups is 1. The molecule has 6 rings (SSSR count). The molecule has 10 heteroatoms. The Morgan fingerprint density at radius 2 is 1.58 bits per heavy atom. The van der Waals surface area contributed by atoms with Gasteiger partial charge in [-0.1, -0.05) is 60.1 Å². The first-order valence-electron chi connectivity index (χ1n) is 14.1. The fourth-order valence-electron chi connectivity index (χ4n) is 6.18. The molecule has 2 fully saturated rings. The molecule has 0 radical (unpaired) electrons. The van der Waals surface area contributed by atoms with Crippen LogP contribution in [0.15, 0.2) is 96.4 Å². The summed E-state index contributed by atoms with van der Waals surface area (Å²) in [7, 11) is 0.